The summed E-state index contributed by atoms with van der Waals surface area (Å²) in [5.74, 6) is -1.27. The highest BCUT2D eigenvalue weighted by Crippen LogP contribution is 2.25. The first-order chi connectivity index (χ1) is 11.3. The molecule has 0 aliphatic rings. The minimum atomic E-state index is -0.648. The van der Waals surface area contributed by atoms with Gasteiger partial charge in [0.15, 0.2) is 0 Å². The summed E-state index contributed by atoms with van der Waals surface area (Å²) in [7, 11) is 0. The quantitative estimate of drug-likeness (QED) is 0.848. The maximum atomic E-state index is 12.1. The van der Waals surface area contributed by atoms with Gasteiger partial charge in [0.05, 0.1) is 0 Å². The fraction of sp³-hybridized carbons (Fsp3) is 0.300. The van der Waals surface area contributed by atoms with Gasteiger partial charge in [-0.2, -0.15) is 0 Å². The van der Waals surface area contributed by atoms with Crippen molar-refractivity contribution in [2.75, 3.05) is 11.9 Å². The number of carbonyl (C=O) groups is 2. The van der Waals surface area contributed by atoms with Crippen molar-refractivity contribution in [2.24, 2.45) is 0 Å². The maximum Gasteiger partial charge on any atom is 0.313 e. The van der Waals surface area contributed by atoms with Crippen molar-refractivity contribution in [1.29, 1.82) is 0 Å². The van der Waals surface area contributed by atoms with Crippen LogP contribution in [0, 0.1) is 13.8 Å². The third kappa shape index (κ3) is 4.22. The molecule has 0 heterocycles. The van der Waals surface area contributed by atoms with Crippen molar-refractivity contribution >= 4 is 17.5 Å². The van der Waals surface area contributed by atoms with Crippen LogP contribution in [0.5, 0.6) is 0 Å². The number of amides is 2. The third-order valence-electron chi connectivity index (χ3n) is 4.16. The van der Waals surface area contributed by atoms with Crippen molar-refractivity contribution in [3.8, 4) is 0 Å². The lowest BCUT2D eigenvalue weighted by atomic mass is 9.82. The second-order valence-corrected chi connectivity index (χ2v) is 6.65. The Bertz CT molecular complexity index is 751. The standard InChI is InChI=1S/C20H24N2O2/c1-14-9-5-7-11-16(14)20(3,4)13-21-18(23)19(24)22-17-12-8-6-10-15(17)2/h5-12H,13H2,1-4H3,(H,21,23)(H,22,24). The van der Waals surface area contributed by atoms with Gasteiger partial charge >= 0.3 is 11.8 Å². The summed E-state index contributed by atoms with van der Waals surface area (Å²) in [5.41, 5.74) is 3.63. The Kier molecular flexibility index (Phi) is 5.39. The Balaban J connectivity index is 1.98. The van der Waals surface area contributed by atoms with Gasteiger partial charge in [-0.05, 0) is 36.6 Å². The van der Waals surface area contributed by atoms with Crippen molar-refractivity contribution in [2.45, 2.75) is 33.1 Å². The summed E-state index contributed by atoms with van der Waals surface area (Å²) < 4.78 is 0. The molecule has 0 spiro atoms. The number of anilines is 1. The molecule has 2 aromatic carbocycles. The van der Waals surface area contributed by atoms with Gasteiger partial charge in [-0.3, -0.25) is 9.59 Å². The van der Waals surface area contributed by atoms with Gasteiger partial charge in [-0.15, -0.1) is 0 Å². The molecule has 0 aliphatic heterocycles. The van der Waals surface area contributed by atoms with Gasteiger partial charge < -0.3 is 10.6 Å². The van der Waals surface area contributed by atoms with E-state index >= 15 is 0 Å². The highest BCUT2D eigenvalue weighted by Gasteiger charge is 2.24. The highest BCUT2D eigenvalue weighted by atomic mass is 16.2. The lowest BCUT2D eigenvalue weighted by Gasteiger charge is -2.27. The fourth-order valence-electron chi connectivity index (χ4n) is 2.70. The normalized spacial score (nSPS) is 11.0. The van der Waals surface area contributed by atoms with Crippen molar-refractivity contribution in [3.05, 3.63) is 65.2 Å². The molecule has 0 atom stereocenters. The van der Waals surface area contributed by atoms with Crippen LogP contribution in [0.2, 0.25) is 0 Å². The minimum Gasteiger partial charge on any atom is -0.347 e. The molecule has 126 valence electrons. The summed E-state index contributed by atoms with van der Waals surface area (Å²) in [6.07, 6.45) is 0. The molecule has 4 nitrogen and oxygen atoms in total. The largest absolute Gasteiger partial charge is 0.347 e. The molecule has 2 rings (SSSR count). The van der Waals surface area contributed by atoms with Gasteiger partial charge in [-0.1, -0.05) is 56.3 Å². The second-order valence-electron chi connectivity index (χ2n) is 6.65. The van der Waals surface area contributed by atoms with Gasteiger partial charge in [0, 0.05) is 17.6 Å². The van der Waals surface area contributed by atoms with Crippen LogP contribution in [0.15, 0.2) is 48.5 Å². The summed E-state index contributed by atoms with van der Waals surface area (Å²) in [6.45, 7) is 8.42. The van der Waals surface area contributed by atoms with E-state index in [2.05, 4.69) is 30.5 Å². The summed E-state index contributed by atoms with van der Waals surface area (Å²) in [6, 6.07) is 15.4. The zero-order chi connectivity index (χ0) is 17.7. The van der Waals surface area contributed by atoms with E-state index in [0.29, 0.717) is 12.2 Å². The topological polar surface area (TPSA) is 58.2 Å². The molecule has 2 N–H and O–H groups in total. The molecule has 0 aliphatic carbocycles. The van der Waals surface area contributed by atoms with E-state index in [0.717, 1.165) is 11.1 Å². The predicted molar refractivity (Wildman–Crippen MR) is 97.0 cm³/mol. The van der Waals surface area contributed by atoms with E-state index in [1.54, 1.807) is 6.07 Å². The van der Waals surface area contributed by atoms with Crippen molar-refractivity contribution < 1.29 is 9.59 Å². The van der Waals surface area contributed by atoms with E-state index in [1.807, 2.05) is 50.2 Å². The number of hydrogen-bond acceptors (Lipinski definition) is 2. The van der Waals surface area contributed by atoms with Crippen LogP contribution in [-0.4, -0.2) is 18.4 Å². The van der Waals surface area contributed by atoms with E-state index < -0.39 is 11.8 Å². The van der Waals surface area contributed by atoms with Crippen LogP contribution in [0.3, 0.4) is 0 Å². The number of carbonyl (C=O) groups excluding carboxylic acids is 2. The Labute approximate surface area is 143 Å². The number of benzene rings is 2. The number of hydrogen-bond donors (Lipinski definition) is 2. The smallest absolute Gasteiger partial charge is 0.313 e. The zero-order valence-electron chi connectivity index (χ0n) is 14.6. The summed E-state index contributed by atoms with van der Waals surface area (Å²) in [5, 5.41) is 5.38. The number of para-hydroxylation sites is 1. The summed E-state index contributed by atoms with van der Waals surface area (Å²) >= 11 is 0. The monoisotopic (exact) mass is 324 g/mol. The lowest BCUT2D eigenvalue weighted by Crippen LogP contribution is -2.42. The highest BCUT2D eigenvalue weighted by molar-refractivity contribution is 6.39. The Hall–Kier alpha value is -2.62. The van der Waals surface area contributed by atoms with Gasteiger partial charge in [0.2, 0.25) is 0 Å². The van der Waals surface area contributed by atoms with Crippen LogP contribution < -0.4 is 10.6 Å². The molecule has 0 saturated heterocycles. The molecule has 0 aromatic heterocycles. The van der Waals surface area contributed by atoms with Crippen molar-refractivity contribution in [3.63, 3.8) is 0 Å². The summed E-state index contributed by atoms with van der Waals surface area (Å²) in [4.78, 5) is 24.2. The van der Waals surface area contributed by atoms with Crippen LogP contribution in [0.25, 0.3) is 0 Å². The Morgan fingerprint density at radius 3 is 2.08 bits per heavy atom. The maximum absolute atomic E-state index is 12.1. The van der Waals surface area contributed by atoms with E-state index in [-0.39, 0.29) is 5.41 Å². The third-order valence-corrected chi connectivity index (χ3v) is 4.16. The van der Waals surface area contributed by atoms with Crippen molar-refractivity contribution in [1.82, 2.24) is 5.32 Å². The first kappa shape index (κ1) is 17.7. The molecule has 2 aromatic rings. The molecule has 0 unspecified atom stereocenters. The average Bonchev–Trinajstić information content (AvgIpc) is 2.55. The van der Waals surface area contributed by atoms with E-state index in [9.17, 15) is 9.59 Å². The number of rotatable bonds is 4. The second kappa shape index (κ2) is 7.30. The van der Waals surface area contributed by atoms with Crippen LogP contribution in [0.4, 0.5) is 5.69 Å². The molecular formula is C20H24N2O2. The molecule has 2 amide bonds. The molecular weight excluding hydrogens is 300 g/mol. The minimum absolute atomic E-state index is 0.260. The zero-order valence-corrected chi connectivity index (χ0v) is 14.6. The molecule has 0 saturated carbocycles. The van der Waals surface area contributed by atoms with Gasteiger partial charge in [0.1, 0.15) is 0 Å². The van der Waals surface area contributed by atoms with Crippen LogP contribution in [0.1, 0.15) is 30.5 Å². The fourth-order valence-corrected chi connectivity index (χ4v) is 2.70. The van der Waals surface area contributed by atoms with Crippen LogP contribution >= 0.6 is 0 Å². The Morgan fingerprint density at radius 2 is 1.46 bits per heavy atom. The Morgan fingerprint density at radius 1 is 0.875 bits per heavy atom. The number of nitrogens with one attached hydrogen (secondary N) is 2. The average molecular weight is 324 g/mol. The molecule has 0 radical (unpaired) electrons. The molecule has 0 fully saturated rings. The van der Waals surface area contributed by atoms with Gasteiger partial charge in [-0.25, -0.2) is 0 Å². The molecule has 4 heteroatoms. The molecule has 24 heavy (non-hydrogen) atoms. The lowest BCUT2D eigenvalue weighted by molar-refractivity contribution is -0.136. The van der Waals surface area contributed by atoms with E-state index in [4.69, 9.17) is 0 Å². The SMILES string of the molecule is Cc1ccccc1NC(=O)C(=O)NCC(C)(C)c1ccccc1C. The van der Waals surface area contributed by atoms with Gasteiger partial charge in [0.25, 0.3) is 0 Å². The number of aryl methyl sites for hydroxylation is 2. The first-order valence-corrected chi connectivity index (χ1v) is 8.02. The predicted octanol–water partition coefficient (Wildman–Crippen LogP) is 3.34. The van der Waals surface area contributed by atoms with E-state index in [1.165, 1.54) is 5.56 Å². The first-order valence-electron chi connectivity index (χ1n) is 8.02. The molecule has 0 bridgehead atoms. The van der Waals surface area contributed by atoms with Crippen LogP contribution in [-0.2, 0) is 15.0 Å².